The van der Waals surface area contributed by atoms with Crippen molar-refractivity contribution in [2.45, 2.75) is 120 Å². The second kappa shape index (κ2) is 8.09. The van der Waals surface area contributed by atoms with Crippen molar-refractivity contribution in [1.82, 2.24) is 4.98 Å². The first-order chi connectivity index (χ1) is 20.2. The Balaban J connectivity index is 1.28. The van der Waals surface area contributed by atoms with Crippen molar-refractivity contribution >= 4 is 22.5 Å². The number of halogens is 1. The lowest BCUT2D eigenvalue weighted by Gasteiger charge is -2.65. The molecule has 2 aliphatic heterocycles. The summed E-state index contributed by atoms with van der Waals surface area (Å²) in [6.45, 7) is 19.8. The highest BCUT2D eigenvalue weighted by atomic mass is 35.5. The molecule has 2 aromatic rings. The van der Waals surface area contributed by atoms with E-state index in [-0.39, 0.29) is 23.7 Å². The first-order valence-corrected chi connectivity index (χ1v) is 16.8. The lowest BCUT2D eigenvalue weighted by atomic mass is 9.42. The zero-order valence-electron chi connectivity index (χ0n) is 26.0. The molecule has 43 heavy (non-hydrogen) atoms. The maximum atomic E-state index is 13.0. The number of aromatic nitrogens is 1. The highest BCUT2D eigenvalue weighted by Gasteiger charge is 2.73. The summed E-state index contributed by atoms with van der Waals surface area (Å²) in [5.41, 5.74) is 7.00. The summed E-state index contributed by atoms with van der Waals surface area (Å²) >= 11 is 7.09. The van der Waals surface area contributed by atoms with Crippen molar-refractivity contribution in [3.8, 4) is 0 Å². The van der Waals surface area contributed by atoms with E-state index in [0.717, 1.165) is 53.8 Å². The largest absolute Gasteiger partial charge is 0.386 e. The molecule has 0 unspecified atom stereocenters. The van der Waals surface area contributed by atoms with Crippen LogP contribution in [0.5, 0.6) is 0 Å². The molecule has 1 aromatic heterocycles. The molecule has 3 saturated carbocycles. The van der Waals surface area contributed by atoms with Crippen LogP contribution in [0.25, 0.3) is 10.9 Å². The number of hydrogen-bond acceptors (Lipinski definition) is 4. The van der Waals surface area contributed by atoms with Crippen molar-refractivity contribution in [2.24, 2.45) is 23.2 Å². The summed E-state index contributed by atoms with van der Waals surface area (Å²) < 4.78 is 13.8. The molecule has 7 aliphatic rings. The molecule has 1 aromatic carbocycles. The van der Waals surface area contributed by atoms with E-state index in [4.69, 9.17) is 21.1 Å². The molecular weight excluding hydrogens is 558 g/mol. The van der Waals surface area contributed by atoms with E-state index in [1.165, 1.54) is 33.3 Å². The van der Waals surface area contributed by atoms with Gasteiger partial charge < -0.3 is 24.7 Å². The van der Waals surface area contributed by atoms with Gasteiger partial charge in [-0.2, -0.15) is 0 Å². The number of nitrogens with one attached hydrogen (secondary N) is 1. The van der Waals surface area contributed by atoms with Gasteiger partial charge in [0.15, 0.2) is 0 Å². The van der Waals surface area contributed by atoms with Gasteiger partial charge in [-0.3, -0.25) is 0 Å². The minimum Gasteiger partial charge on any atom is -0.386 e. The van der Waals surface area contributed by atoms with Crippen LogP contribution < -0.4 is 0 Å². The van der Waals surface area contributed by atoms with Crippen molar-refractivity contribution < 1.29 is 19.7 Å². The monoisotopic (exact) mass is 601 g/mol. The van der Waals surface area contributed by atoms with E-state index in [2.05, 4.69) is 51.9 Å². The Morgan fingerprint density at radius 3 is 2.63 bits per heavy atom. The average molecular weight is 602 g/mol. The molecule has 0 bridgehead atoms. The molecule has 3 N–H and O–H groups in total. The van der Waals surface area contributed by atoms with Gasteiger partial charge in [0.1, 0.15) is 12.2 Å². The topological polar surface area (TPSA) is 74.7 Å². The Kier molecular flexibility index (Phi) is 5.16. The van der Waals surface area contributed by atoms with Gasteiger partial charge in [-0.25, -0.2) is 0 Å². The summed E-state index contributed by atoms with van der Waals surface area (Å²) in [5, 5.41) is 26.3. The molecule has 3 fully saturated rings. The lowest BCUT2D eigenvalue weighted by molar-refractivity contribution is -0.215. The number of aliphatic hydroxyl groups is 2. The van der Waals surface area contributed by atoms with Gasteiger partial charge in [-0.15, -0.1) is 0 Å². The van der Waals surface area contributed by atoms with Gasteiger partial charge in [0, 0.05) is 43.9 Å². The molecule has 5 aliphatic carbocycles. The predicted molar refractivity (Wildman–Crippen MR) is 168 cm³/mol. The van der Waals surface area contributed by atoms with Crippen molar-refractivity contribution in [2.75, 3.05) is 0 Å². The third kappa shape index (κ3) is 2.93. The zero-order valence-corrected chi connectivity index (χ0v) is 26.8. The Bertz CT molecular complexity index is 1700. The van der Waals surface area contributed by atoms with Crippen LogP contribution >= 0.6 is 11.6 Å². The molecule has 5 nitrogen and oxygen atoms in total. The van der Waals surface area contributed by atoms with Crippen molar-refractivity contribution in [3.05, 3.63) is 69.4 Å². The number of allylic oxidation sites excluding steroid dienone is 1. The average Bonchev–Trinajstić information content (AvgIpc) is 3.38. The van der Waals surface area contributed by atoms with Crippen molar-refractivity contribution in [1.29, 1.82) is 0 Å². The molecule has 0 amide bonds. The minimum absolute atomic E-state index is 0.0618. The number of rotatable bonds is 1. The van der Waals surface area contributed by atoms with Crippen LogP contribution in [-0.2, 0) is 21.3 Å². The third-order valence-corrected chi connectivity index (χ3v) is 14.5. The molecule has 0 spiro atoms. The molecule has 6 heteroatoms. The maximum absolute atomic E-state index is 13.0. The number of hydrogen-bond donors (Lipinski definition) is 3. The summed E-state index contributed by atoms with van der Waals surface area (Å²) in [5.74, 6) is 1.48. The predicted octanol–water partition coefficient (Wildman–Crippen LogP) is 7.35. The second-order valence-electron chi connectivity index (χ2n) is 16.1. The summed E-state index contributed by atoms with van der Waals surface area (Å²) in [7, 11) is 0. The number of fused-ring (bicyclic) bond motifs is 7. The first kappa shape index (κ1) is 27.4. The highest BCUT2D eigenvalue weighted by molar-refractivity contribution is 6.32. The molecule has 3 heterocycles. The van der Waals surface area contributed by atoms with Crippen LogP contribution in [0.1, 0.15) is 101 Å². The SMILES string of the molecule is C=C1Cc2c(Cl)cc3[nH]c4c5c3c2[C@H]2[C@H]1C[C@@H]2C(C)(C)O[C@H]5[C@@H]1CC[C@@]2(O)C3=C[C@@H](O)[C@H](C(=C)C)O[C@@H]3CC[C@@]2(C)[C@]41C. The number of benzene rings is 1. The quantitative estimate of drug-likeness (QED) is 0.299. The van der Waals surface area contributed by atoms with Crippen LogP contribution in [-0.4, -0.2) is 44.7 Å². The van der Waals surface area contributed by atoms with Gasteiger partial charge in [-0.1, -0.05) is 44.2 Å². The number of aliphatic hydroxyl groups excluding tert-OH is 1. The van der Waals surface area contributed by atoms with Crippen molar-refractivity contribution in [3.63, 3.8) is 0 Å². The Labute approximate surface area is 259 Å². The molecule has 0 saturated heterocycles. The normalized spacial score (nSPS) is 46.6. The van der Waals surface area contributed by atoms with E-state index in [1.807, 2.05) is 13.0 Å². The Morgan fingerprint density at radius 2 is 1.88 bits per heavy atom. The molecule has 11 atom stereocenters. The van der Waals surface area contributed by atoms with Crippen LogP contribution in [0.2, 0.25) is 5.02 Å². The van der Waals surface area contributed by atoms with E-state index in [0.29, 0.717) is 24.2 Å². The maximum Gasteiger partial charge on any atom is 0.108 e. The second-order valence-corrected chi connectivity index (χ2v) is 16.5. The fraction of sp³-hybridized carbons (Fsp3) is 0.622. The smallest absolute Gasteiger partial charge is 0.108 e. The van der Waals surface area contributed by atoms with Gasteiger partial charge in [-0.05, 0) is 111 Å². The minimum atomic E-state index is -1.11. The van der Waals surface area contributed by atoms with Crippen LogP contribution in [0.3, 0.4) is 0 Å². The summed E-state index contributed by atoms with van der Waals surface area (Å²) in [6.07, 6.45) is 5.41. The fourth-order valence-electron chi connectivity index (χ4n) is 11.8. The van der Waals surface area contributed by atoms with Crippen LogP contribution in [0.15, 0.2) is 42.0 Å². The number of H-pyrrole nitrogens is 1. The number of ether oxygens (including phenoxy) is 2. The highest BCUT2D eigenvalue weighted by Crippen LogP contribution is 2.74. The van der Waals surface area contributed by atoms with E-state index >= 15 is 0 Å². The summed E-state index contributed by atoms with van der Waals surface area (Å²) in [4.78, 5) is 3.96. The Morgan fingerprint density at radius 1 is 1.12 bits per heavy atom. The van der Waals surface area contributed by atoms with Gasteiger partial charge >= 0.3 is 0 Å². The number of aromatic amines is 1. The van der Waals surface area contributed by atoms with Gasteiger partial charge in [0.25, 0.3) is 0 Å². The summed E-state index contributed by atoms with van der Waals surface area (Å²) in [6, 6.07) is 2.14. The van der Waals surface area contributed by atoms with E-state index in [1.54, 1.807) is 0 Å². The lowest BCUT2D eigenvalue weighted by Crippen LogP contribution is -2.68. The zero-order chi connectivity index (χ0) is 30.2. The molecule has 0 radical (unpaired) electrons. The van der Waals surface area contributed by atoms with Gasteiger partial charge in [0.2, 0.25) is 0 Å². The first-order valence-electron chi connectivity index (χ1n) is 16.4. The van der Waals surface area contributed by atoms with Gasteiger partial charge in [0.05, 0.1) is 23.4 Å². The third-order valence-electron chi connectivity index (χ3n) is 14.2. The van der Waals surface area contributed by atoms with E-state index in [9.17, 15) is 10.2 Å². The van der Waals surface area contributed by atoms with Crippen LogP contribution in [0, 0.1) is 23.2 Å². The molecular formula is C37H44ClNO4. The Hall–Kier alpha value is -1.89. The molecule has 9 rings (SSSR count). The standard InChI is InChI=1S/C37H44ClNO4/c1-16(2)31-25(40)14-21-26(42-31)9-10-35(6)36(7)20(8-11-37(21,35)41)32-30-29-24(39-33(30)36)15-23(38)19-12-17(3)18-13-22(27(18)28(19)29)34(4,5)43-32/h14-15,18,20,22,25-27,31-32,39-41H,1,3,8-13H2,2,4-7H3/t18-,20-,22-,25+,26+,27-,31-,32-,35-,36-,37+/m0/s1. The van der Waals surface area contributed by atoms with Crippen LogP contribution in [0.4, 0.5) is 0 Å². The fourth-order valence-corrected chi connectivity index (χ4v) is 12.0. The molecule has 228 valence electrons. The van der Waals surface area contributed by atoms with E-state index < -0.39 is 28.6 Å².